The Morgan fingerprint density at radius 1 is 0.852 bits per heavy atom. The first-order chi connectivity index (χ1) is 13.1. The van der Waals surface area contributed by atoms with Gasteiger partial charge in [0, 0.05) is 45.3 Å². The smallest absolute Gasteiger partial charge is 0.246 e. The van der Waals surface area contributed by atoms with Crippen molar-refractivity contribution in [3.63, 3.8) is 0 Å². The van der Waals surface area contributed by atoms with E-state index in [0.717, 1.165) is 44.6 Å². The van der Waals surface area contributed by atoms with Gasteiger partial charge in [0.05, 0.1) is 6.54 Å². The van der Waals surface area contributed by atoms with Crippen LogP contribution in [0.5, 0.6) is 0 Å². The summed E-state index contributed by atoms with van der Waals surface area (Å²) in [6.07, 6.45) is 8.25. The highest BCUT2D eigenvalue weighted by molar-refractivity contribution is 5.91. The van der Waals surface area contributed by atoms with Crippen LogP contribution in [0.25, 0.3) is 6.08 Å². The molecule has 27 heavy (non-hydrogen) atoms. The zero-order valence-electron chi connectivity index (χ0n) is 16.4. The minimum Gasteiger partial charge on any atom is -0.342 e. The molecule has 5 heteroatoms. The second-order valence-electron chi connectivity index (χ2n) is 7.64. The van der Waals surface area contributed by atoms with E-state index in [0.29, 0.717) is 19.6 Å². The Morgan fingerprint density at radius 3 is 2.11 bits per heavy atom. The van der Waals surface area contributed by atoms with E-state index in [2.05, 4.69) is 11.8 Å². The highest BCUT2D eigenvalue weighted by Gasteiger charge is 2.23. The quantitative estimate of drug-likeness (QED) is 0.766. The third-order valence-electron chi connectivity index (χ3n) is 5.50. The van der Waals surface area contributed by atoms with Gasteiger partial charge in [-0.3, -0.25) is 14.5 Å². The first-order valence-corrected chi connectivity index (χ1v) is 10.2. The number of hydrogen-bond acceptors (Lipinski definition) is 3. The number of likely N-dealkylation sites (tertiary alicyclic amines) is 1. The molecule has 0 radical (unpaired) electrons. The van der Waals surface area contributed by atoms with Crippen molar-refractivity contribution in [3.8, 4) is 0 Å². The molecule has 2 saturated heterocycles. The van der Waals surface area contributed by atoms with Crippen molar-refractivity contribution in [2.75, 3.05) is 45.8 Å². The summed E-state index contributed by atoms with van der Waals surface area (Å²) in [4.78, 5) is 31.0. The number of rotatable bonds is 4. The number of aryl methyl sites for hydroxylation is 1. The molecule has 2 heterocycles. The molecule has 0 saturated carbocycles. The summed E-state index contributed by atoms with van der Waals surface area (Å²) in [5.74, 6) is 0.296. The molecule has 146 valence electrons. The number of nitrogens with zero attached hydrogens (tertiary/aromatic N) is 3. The third kappa shape index (κ3) is 5.93. The standard InChI is InChI=1S/C22H31N3O2/c1-19-6-8-20(9-7-19)10-11-21(26)25-16-14-23(15-17-25)18-22(27)24-12-4-2-3-5-13-24/h6-11H,2-5,12-18H2,1H3/b11-10+. The number of piperazine rings is 1. The zero-order chi connectivity index (χ0) is 19.1. The summed E-state index contributed by atoms with van der Waals surface area (Å²) in [5, 5.41) is 0. The van der Waals surface area contributed by atoms with Gasteiger partial charge >= 0.3 is 0 Å². The van der Waals surface area contributed by atoms with Gasteiger partial charge in [-0.1, -0.05) is 42.7 Å². The van der Waals surface area contributed by atoms with E-state index in [1.807, 2.05) is 40.1 Å². The fraction of sp³-hybridized carbons (Fsp3) is 0.545. The van der Waals surface area contributed by atoms with Gasteiger partial charge in [-0.05, 0) is 31.4 Å². The molecule has 0 atom stereocenters. The van der Waals surface area contributed by atoms with E-state index in [1.165, 1.54) is 18.4 Å². The average Bonchev–Trinajstić information content (AvgIpc) is 2.97. The molecule has 1 aromatic rings. The topological polar surface area (TPSA) is 43.9 Å². The van der Waals surface area contributed by atoms with Crippen molar-refractivity contribution in [3.05, 3.63) is 41.5 Å². The van der Waals surface area contributed by atoms with Crippen LogP contribution in [0, 0.1) is 6.92 Å². The first-order valence-electron chi connectivity index (χ1n) is 10.2. The van der Waals surface area contributed by atoms with Gasteiger partial charge in [-0.2, -0.15) is 0 Å². The average molecular weight is 370 g/mol. The van der Waals surface area contributed by atoms with Gasteiger partial charge in [0.25, 0.3) is 0 Å². The lowest BCUT2D eigenvalue weighted by atomic mass is 10.1. The lowest BCUT2D eigenvalue weighted by molar-refractivity contribution is -0.133. The van der Waals surface area contributed by atoms with Crippen molar-refractivity contribution < 1.29 is 9.59 Å². The zero-order valence-corrected chi connectivity index (χ0v) is 16.4. The monoisotopic (exact) mass is 369 g/mol. The molecule has 0 unspecified atom stereocenters. The summed E-state index contributed by atoms with van der Waals surface area (Å²) in [7, 11) is 0. The highest BCUT2D eigenvalue weighted by Crippen LogP contribution is 2.11. The molecule has 1 aromatic carbocycles. The number of benzene rings is 1. The predicted molar refractivity (Wildman–Crippen MR) is 108 cm³/mol. The third-order valence-corrected chi connectivity index (χ3v) is 5.50. The summed E-state index contributed by atoms with van der Waals surface area (Å²) in [6, 6.07) is 8.13. The highest BCUT2D eigenvalue weighted by atomic mass is 16.2. The van der Waals surface area contributed by atoms with Crippen LogP contribution in [-0.2, 0) is 9.59 Å². The molecule has 5 nitrogen and oxygen atoms in total. The normalized spacial score (nSPS) is 19.3. The van der Waals surface area contributed by atoms with Crippen molar-refractivity contribution >= 4 is 17.9 Å². The fourth-order valence-corrected chi connectivity index (χ4v) is 3.69. The molecule has 0 bridgehead atoms. The van der Waals surface area contributed by atoms with Crippen LogP contribution >= 0.6 is 0 Å². The fourth-order valence-electron chi connectivity index (χ4n) is 3.69. The SMILES string of the molecule is Cc1ccc(/C=C/C(=O)N2CCN(CC(=O)N3CCCCCC3)CC2)cc1. The summed E-state index contributed by atoms with van der Waals surface area (Å²) < 4.78 is 0. The number of hydrogen-bond donors (Lipinski definition) is 0. The molecule has 0 aromatic heterocycles. The second kappa shape index (κ2) is 9.70. The molecule has 2 aliphatic rings. The summed E-state index contributed by atoms with van der Waals surface area (Å²) >= 11 is 0. The first kappa shape index (κ1) is 19.6. The molecule has 2 fully saturated rings. The lowest BCUT2D eigenvalue weighted by Gasteiger charge is -2.34. The molecule has 3 rings (SSSR count). The Balaban J connectivity index is 1.43. The lowest BCUT2D eigenvalue weighted by Crippen LogP contribution is -2.51. The van der Waals surface area contributed by atoms with Gasteiger partial charge in [0.15, 0.2) is 0 Å². The van der Waals surface area contributed by atoms with Crippen molar-refractivity contribution in [1.29, 1.82) is 0 Å². The van der Waals surface area contributed by atoms with E-state index in [-0.39, 0.29) is 11.8 Å². The van der Waals surface area contributed by atoms with Crippen LogP contribution in [0.15, 0.2) is 30.3 Å². The van der Waals surface area contributed by atoms with Gasteiger partial charge in [-0.25, -0.2) is 0 Å². The summed E-state index contributed by atoms with van der Waals surface area (Å²) in [5.41, 5.74) is 2.25. The minimum atomic E-state index is 0.0501. The maximum absolute atomic E-state index is 12.5. The largest absolute Gasteiger partial charge is 0.342 e. The van der Waals surface area contributed by atoms with Crippen LogP contribution in [0.2, 0.25) is 0 Å². The number of carbonyl (C=O) groups excluding carboxylic acids is 2. The van der Waals surface area contributed by atoms with Crippen LogP contribution < -0.4 is 0 Å². The van der Waals surface area contributed by atoms with E-state index in [4.69, 9.17) is 0 Å². The minimum absolute atomic E-state index is 0.0501. The molecule has 0 N–H and O–H groups in total. The molecular weight excluding hydrogens is 338 g/mol. The Kier molecular flexibility index (Phi) is 7.04. The van der Waals surface area contributed by atoms with Crippen molar-refractivity contribution in [2.24, 2.45) is 0 Å². The van der Waals surface area contributed by atoms with Gasteiger partial charge in [-0.15, -0.1) is 0 Å². The van der Waals surface area contributed by atoms with Crippen LogP contribution in [-0.4, -0.2) is 72.3 Å². The Hall–Kier alpha value is -2.14. The van der Waals surface area contributed by atoms with Crippen LogP contribution in [0.4, 0.5) is 0 Å². The second-order valence-corrected chi connectivity index (χ2v) is 7.64. The van der Waals surface area contributed by atoms with E-state index >= 15 is 0 Å². The van der Waals surface area contributed by atoms with E-state index < -0.39 is 0 Å². The molecule has 0 spiro atoms. The van der Waals surface area contributed by atoms with E-state index in [1.54, 1.807) is 6.08 Å². The Labute approximate surface area is 162 Å². The maximum Gasteiger partial charge on any atom is 0.246 e. The van der Waals surface area contributed by atoms with Crippen LogP contribution in [0.3, 0.4) is 0 Å². The Bertz CT molecular complexity index is 653. The van der Waals surface area contributed by atoms with Crippen molar-refractivity contribution in [2.45, 2.75) is 32.6 Å². The Morgan fingerprint density at radius 2 is 1.48 bits per heavy atom. The van der Waals surface area contributed by atoms with E-state index in [9.17, 15) is 9.59 Å². The van der Waals surface area contributed by atoms with Gasteiger partial charge in [0.1, 0.15) is 0 Å². The molecular formula is C22H31N3O2. The molecule has 2 aliphatic heterocycles. The predicted octanol–water partition coefficient (Wildman–Crippen LogP) is 2.56. The maximum atomic E-state index is 12.5. The molecule has 2 amide bonds. The van der Waals surface area contributed by atoms with Crippen LogP contribution in [0.1, 0.15) is 36.8 Å². The molecule has 0 aliphatic carbocycles. The van der Waals surface area contributed by atoms with Crippen molar-refractivity contribution in [1.82, 2.24) is 14.7 Å². The summed E-state index contributed by atoms with van der Waals surface area (Å²) in [6.45, 7) is 7.25. The number of carbonyl (C=O) groups is 2. The van der Waals surface area contributed by atoms with Gasteiger partial charge in [0.2, 0.25) is 11.8 Å². The number of amides is 2. The van der Waals surface area contributed by atoms with Gasteiger partial charge < -0.3 is 9.80 Å².